The van der Waals surface area contributed by atoms with Crippen LogP contribution in [0.3, 0.4) is 0 Å². The Morgan fingerprint density at radius 3 is 2.48 bits per heavy atom. The molecule has 0 bridgehead atoms. The van der Waals surface area contributed by atoms with Crippen LogP contribution in [-0.2, 0) is 14.8 Å². The first-order valence-corrected chi connectivity index (χ1v) is 11.7. The average molecular weight is 438 g/mol. The number of carbonyl (C=O) groups is 2. The molecule has 1 saturated heterocycles. The summed E-state index contributed by atoms with van der Waals surface area (Å²) in [5, 5.41) is 9.93. The van der Waals surface area contributed by atoms with Crippen LogP contribution in [0, 0.1) is 0 Å². The van der Waals surface area contributed by atoms with Crippen molar-refractivity contribution in [2.45, 2.75) is 43.4 Å². The van der Waals surface area contributed by atoms with Crippen molar-refractivity contribution in [3.8, 4) is 0 Å². The molecule has 0 radical (unpaired) electrons. The number of benzene rings is 1. The van der Waals surface area contributed by atoms with Crippen LogP contribution in [0.4, 0.5) is 10.8 Å². The van der Waals surface area contributed by atoms with Gasteiger partial charge in [0.25, 0.3) is 20.3 Å². The molecule has 11 heteroatoms. The van der Waals surface area contributed by atoms with Crippen LogP contribution in [-0.4, -0.2) is 48.4 Å². The van der Waals surface area contributed by atoms with E-state index in [1.165, 1.54) is 0 Å². The summed E-state index contributed by atoms with van der Waals surface area (Å²) < 4.78 is 27.6. The molecule has 1 aliphatic rings. The number of nitrogens with zero attached hydrogens (tertiary/aromatic N) is 3. The third-order valence-electron chi connectivity index (χ3n) is 4.50. The first-order valence-electron chi connectivity index (χ1n) is 9.45. The van der Waals surface area contributed by atoms with E-state index in [0.717, 1.165) is 37.0 Å². The number of para-hydroxylation sites is 1. The number of rotatable bonds is 6. The van der Waals surface area contributed by atoms with Crippen molar-refractivity contribution in [2.24, 2.45) is 0 Å². The molecule has 0 saturated carbocycles. The molecular formula is C18H23N5O4S2. The minimum absolute atomic E-state index is 0.103. The second-order valence-electron chi connectivity index (χ2n) is 6.63. The Balaban J connectivity index is 1.81. The lowest BCUT2D eigenvalue weighted by atomic mass is 10.1. The molecular weight excluding hydrogens is 414 g/mol. The normalized spacial score (nSPS) is 14.9. The van der Waals surface area contributed by atoms with Gasteiger partial charge in [-0.3, -0.25) is 14.3 Å². The quantitative estimate of drug-likeness (QED) is 0.670. The summed E-state index contributed by atoms with van der Waals surface area (Å²) in [5.41, 5.74) is 0.484. The van der Waals surface area contributed by atoms with Crippen molar-refractivity contribution in [2.75, 3.05) is 23.1 Å². The largest absolute Gasteiger partial charge is 0.339 e. The van der Waals surface area contributed by atoms with Crippen LogP contribution >= 0.6 is 11.3 Å². The first kappa shape index (κ1) is 21.2. The summed E-state index contributed by atoms with van der Waals surface area (Å²) in [5.74, 6) is -0.482. The standard InChI is InChI=1S/C18H23N5O4S2/c1-2-15(24)19-17-20-21-18(28-17)29(26,27)22-14-10-6-5-9-13(14)16(25)23-11-7-3-4-8-12-23/h5-6,9-10,22H,2-4,7-8,11-12H2,1H3,(H,19,20,24). The fourth-order valence-electron chi connectivity index (χ4n) is 2.97. The Kier molecular flexibility index (Phi) is 6.80. The molecule has 156 valence electrons. The second-order valence-corrected chi connectivity index (χ2v) is 9.47. The number of sulfonamides is 1. The van der Waals surface area contributed by atoms with Gasteiger partial charge in [-0.25, -0.2) is 0 Å². The molecule has 1 fully saturated rings. The number of likely N-dealkylation sites (tertiary alicyclic amines) is 1. The van der Waals surface area contributed by atoms with Crippen molar-refractivity contribution in [1.29, 1.82) is 0 Å². The van der Waals surface area contributed by atoms with E-state index in [2.05, 4.69) is 20.2 Å². The minimum atomic E-state index is -4.06. The Bertz CT molecular complexity index is 982. The zero-order valence-corrected chi connectivity index (χ0v) is 17.7. The van der Waals surface area contributed by atoms with Gasteiger partial charge in [0.2, 0.25) is 11.0 Å². The van der Waals surface area contributed by atoms with Crippen molar-refractivity contribution in [3.05, 3.63) is 29.8 Å². The molecule has 0 atom stereocenters. The third kappa shape index (κ3) is 5.30. The maximum Gasteiger partial charge on any atom is 0.291 e. The molecule has 2 aromatic rings. The van der Waals surface area contributed by atoms with E-state index < -0.39 is 10.0 Å². The summed E-state index contributed by atoms with van der Waals surface area (Å²) in [7, 11) is -4.06. The fourth-order valence-corrected chi connectivity index (χ4v) is 4.97. The average Bonchev–Trinajstić information content (AvgIpc) is 3.01. The monoisotopic (exact) mass is 437 g/mol. The fraction of sp³-hybridized carbons (Fsp3) is 0.444. The summed E-state index contributed by atoms with van der Waals surface area (Å²) in [4.78, 5) is 26.2. The van der Waals surface area contributed by atoms with E-state index in [1.54, 1.807) is 36.1 Å². The van der Waals surface area contributed by atoms with Crippen molar-refractivity contribution in [1.82, 2.24) is 15.1 Å². The molecule has 29 heavy (non-hydrogen) atoms. The molecule has 9 nitrogen and oxygen atoms in total. The van der Waals surface area contributed by atoms with E-state index in [0.29, 0.717) is 18.7 Å². The number of hydrogen-bond acceptors (Lipinski definition) is 7. The van der Waals surface area contributed by atoms with Gasteiger partial charge < -0.3 is 10.2 Å². The Hall–Kier alpha value is -2.53. The zero-order chi connectivity index (χ0) is 20.9. The molecule has 2 N–H and O–H groups in total. The van der Waals surface area contributed by atoms with Crippen molar-refractivity contribution in [3.63, 3.8) is 0 Å². The lowest BCUT2D eigenvalue weighted by Crippen LogP contribution is -2.32. The van der Waals surface area contributed by atoms with E-state index in [1.807, 2.05) is 0 Å². The number of aromatic nitrogens is 2. The number of hydrogen-bond donors (Lipinski definition) is 2. The zero-order valence-electron chi connectivity index (χ0n) is 16.1. The Morgan fingerprint density at radius 2 is 1.79 bits per heavy atom. The lowest BCUT2D eigenvalue weighted by molar-refractivity contribution is -0.115. The third-order valence-corrected chi connectivity index (χ3v) is 7.07. The van der Waals surface area contributed by atoms with Gasteiger partial charge in [-0.1, -0.05) is 43.2 Å². The van der Waals surface area contributed by atoms with E-state index >= 15 is 0 Å². The number of anilines is 2. The van der Waals surface area contributed by atoms with Crippen LogP contribution < -0.4 is 10.0 Å². The van der Waals surface area contributed by atoms with E-state index in [-0.39, 0.29) is 33.4 Å². The summed E-state index contributed by atoms with van der Waals surface area (Å²) in [6, 6.07) is 6.51. The molecule has 1 aromatic heterocycles. The Morgan fingerprint density at radius 1 is 1.10 bits per heavy atom. The predicted octanol–water partition coefficient (Wildman–Crippen LogP) is 2.70. The highest BCUT2D eigenvalue weighted by Gasteiger charge is 2.25. The Labute approximate surface area is 173 Å². The van der Waals surface area contributed by atoms with Crippen molar-refractivity contribution < 1.29 is 18.0 Å². The van der Waals surface area contributed by atoms with Crippen LogP contribution in [0.5, 0.6) is 0 Å². The molecule has 1 aliphatic heterocycles. The van der Waals surface area contributed by atoms with Gasteiger partial charge in [-0.2, -0.15) is 8.42 Å². The summed E-state index contributed by atoms with van der Waals surface area (Å²) >= 11 is 0.748. The van der Waals surface area contributed by atoms with Gasteiger partial charge in [0.15, 0.2) is 0 Å². The van der Waals surface area contributed by atoms with Gasteiger partial charge in [0.1, 0.15) is 0 Å². The molecule has 1 aromatic carbocycles. The maximum absolute atomic E-state index is 13.0. The molecule has 0 unspecified atom stereocenters. The predicted molar refractivity (Wildman–Crippen MR) is 110 cm³/mol. The number of nitrogens with one attached hydrogen (secondary N) is 2. The molecule has 0 spiro atoms. The first-order chi connectivity index (χ1) is 13.9. The van der Waals surface area contributed by atoms with Gasteiger partial charge in [-0.05, 0) is 25.0 Å². The summed E-state index contributed by atoms with van der Waals surface area (Å²) in [6.07, 6.45) is 4.30. The molecule has 2 heterocycles. The van der Waals surface area contributed by atoms with Crippen LogP contribution in [0.1, 0.15) is 49.4 Å². The van der Waals surface area contributed by atoms with Crippen molar-refractivity contribution >= 4 is 44.0 Å². The highest BCUT2D eigenvalue weighted by molar-refractivity contribution is 7.94. The second kappa shape index (κ2) is 9.31. The number of amides is 2. The van der Waals surface area contributed by atoms with Crippen LogP contribution in [0.2, 0.25) is 0 Å². The number of carbonyl (C=O) groups excluding carboxylic acids is 2. The molecule has 0 aliphatic carbocycles. The van der Waals surface area contributed by atoms with Gasteiger partial charge in [-0.15, -0.1) is 10.2 Å². The summed E-state index contributed by atoms with van der Waals surface area (Å²) in [6.45, 7) is 3.00. The lowest BCUT2D eigenvalue weighted by Gasteiger charge is -2.22. The molecule has 2 amide bonds. The van der Waals surface area contributed by atoms with Gasteiger partial charge >= 0.3 is 0 Å². The van der Waals surface area contributed by atoms with E-state index in [9.17, 15) is 18.0 Å². The van der Waals surface area contributed by atoms with Gasteiger partial charge in [0.05, 0.1) is 11.3 Å². The smallest absolute Gasteiger partial charge is 0.291 e. The highest BCUT2D eigenvalue weighted by Crippen LogP contribution is 2.25. The van der Waals surface area contributed by atoms with Crippen LogP contribution in [0.15, 0.2) is 28.6 Å². The topological polar surface area (TPSA) is 121 Å². The highest BCUT2D eigenvalue weighted by atomic mass is 32.2. The SMILES string of the molecule is CCC(=O)Nc1nnc(S(=O)(=O)Nc2ccccc2C(=O)N2CCCCCC2)s1. The molecule has 3 rings (SSSR count). The van der Waals surface area contributed by atoms with E-state index in [4.69, 9.17) is 0 Å². The minimum Gasteiger partial charge on any atom is -0.339 e. The van der Waals surface area contributed by atoms with Crippen LogP contribution in [0.25, 0.3) is 0 Å². The maximum atomic E-state index is 13.0. The van der Waals surface area contributed by atoms with Gasteiger partial charge in [0, 0.05) is 19.5 Å².